The first kappa shape index (κ1) is 14.1. The highest BCUT2D eigenvalue weighted by Gasteiger charge is 2.31. The molecule has 0 unspecified atom stereocenters. The Morgan fingerprint density at radius 2 is 2.14 bits per heavy atom. The van der Waals surface area contributed by atoms with Gasteiger partial charge < -0.3 is 5.32 Å². The van der Waals surface area contributed by atoms with E-state index >= 15 is 0 Å². The fourth-order valence-electron chi connectivity index (χ4n) is 2.83. The van der Waals surface area contributed by atoms with Crippen molar-refractivity contribution in [3.63, 3.8) is 0 Å². The molecule has 0 saturated heterocycles. The quantitative estimate of drug-likeness (QED) is 0.722. The van der Waals surface area contributed by atoms with Gasteiger partial charge in [0.05, 0.1) is 22.1 Å². The van der Waals surface area contributed by atoms with Crippen molar-refractivity contribution < 1.29 is 0 Å². The average molecular weight is 351 g/mol. The topological polar surface area (TPSA) is 42.7 Å². The van der Waals surface area contributed by atoms with Crippen LogP contribution in [0.25, 0.3) is 0 Å². The molecule has 4 rings (SSSR count). The molecule has 112 valence electrons. The van der Waals surface area contributed by atoms with Gasteiger partial charge in [-0.1, -0.05) is 41.4 Å². The maximum Gasteiger partial charge on any atom is 0.222 e. The summed E-state index contributed by atoms with van der Waals surface area (Å²) in [7, 11) is 0. The summed E-state index contributed by atoms with van der Waals surface area (Å²) in [5.41, 5.74) is 0.976. The van der Waals surface area contributed by atoms with Gasteiger partial charge >= 0.3 is 0 Å². The van der Waals surface area contributed by atoms with Crippen molar-refractivity contribution in [3.05, 3.63) is 62.5 Å². The van der Waals surface area contributed by atoms with Gasteiger partial charge in [0.15, 0.2) is 0 Å². The Balaban J connectivity index is 1.80. The molecule has 22 heavy (non-hydrogen) atoms. The minimum absolute atomic E-state index is 0.0112. The Morgan fingerprint density at radius 3 is 2.95 bits per heavy atom. The fourth-order valence-corrected chi connectivity index (χ4v) is 4.06. The lowest BCUT2D eigenvalue weighted by atomic mass is 9.97. The minimum atomic E-state index is 0.0112. The maximum absolute atomic E-state index is 6.42. The predicted molar refractivity (Wildman–Crippen MR) is 89.9 cm³/mol. The van der Waals surface area contributed by atoms with Crippen LogP contribution in [0.4, 0.5) is 5.95 Å². The Labute approximate surface area is 141 Å². The third-order valence-corrected chi connectivity index (χ3v) is 5.68. The molecule has 7 heteroatoms. The van der Waals surface area contributed by atoms with E-state index in [9.17, 15) is 0 Å². The van der Waals surface area contributed by atoms with Gasteiger partial charge in [-0.2, -0.15) is 10.1 Å². The standard InChI is InChI=1S/C15H12Cl2N4S/c16-10-4-1-3-9(14(10)17)12-7-11(13-5-2-6-22-13)20-15-18-8-19-21(12)15/h1-6,8,11-12H,7H2,(H,18,19,20)/t11-,12+/m0/s1. The highest BCUT2D eigenvalue weighted by Crippen LogP contribution is 2.41. The molecule has 0 aliphatic carbocycles. The summed E-state index contributed by atoms with van der Waals surface area (Å²) in [5, 5.41) is 11.0. The van der Waals surface area contributed by atoms with Crippen LogP contribution in [0.3, 0.4) is 0 Å². The van der Waals surface area contributed by atoms with Crippen molar-refractivity contribution >= 4 is 40.5 Å². The highest BCUT2D eigenvalue weighted by atomic mass is 35.5. The molecule has 3 heterocycles. The van der Waals surface area contributed by atoms with Crippen LogP contribution in [0.2, 0.25) is 10.0 Å². The van der Waals surface area contributed by atoms with Gasteiger partial charge in [0.2, 0.25) is 5.95 Å². The third kappa shape index (κ3) is 2.29. The number of nitrogens with zero attached hydrogens (tertiary/aromatic N) is 3. The van der Waals surface area contributed by atoms with Crippen LogP contribution in [0, 0.1) is 0 Å². The molecule has 2 atom stereocenters. The normalized spacial score (nSPS) is 20.5. The molecule has 1 aromatic carbocycles. The molecule has 0 fully saturated rings. The van der Waals surface area contributed by atoms with E-state index in [2.05, 4.69) is 32.9 Å². The lowest BCUT2D eigenvalue weighted by molar-refractivity contribution is 0.433. The second kappa shape index (κ2) is 5.57. The fraction of sp³-hybridized carbons (Fsp3) is 0.200. The zero-order chi connectivity index (χ0) is 15.1. The number of nitrogens with one attached hydrogen (secondary N) is 1. The molecule has 4 nitrogen and oxygen atoms in total. The zero-order valence-corrected chi connectivity index (χ0v) is 13.7. The Bertz CT molecular complexity index is 800. The van der Waals surface area contributed by atoms with Gasteiger partial charge in [-0.25, -0.2) is 4.68 Å². The summed E-state index contributed by atoms with van der Waals surface area (Å²) >= 11 is 14.3. The second-order valence-electron chi connectivity index (χ2n) is 5.14. The molecular weight excluding hydrogens is 339 g/mol. The number of hydrogen-bond acceptors (Lipinski definition) is 4. The van der Waals surface area contributed by atoms with E-state index in [-0.39, 0.29) is 12.1 Å². The summed E-state index contributed by atoms with van der Waals surface area (Å²) in [5.74, 6) is 0.755. The summed E-state index contributed by atoms with van der Waals surface area (Å²) in [4.78, 5) is 5.59. The largest absolute Gasteiger partial charge is 0.347 e. The van der Waals surface area contributed by atoms with E-state index in [1.54, 1.807) is 23.7 Å². The van der Waals surface area contributed by atoms with E-state index in [1.165, 1.54) is 4.88 Å². The van der Waals surface area contributed by atoms with Gasteiger partial charge in [-0.05, 0) is 29.5 Å². The SMILES string of the molecule is Clc1cccc([C@H]2C[C@@H](c3cccs3)Nc3ncnn32)c1Cl. The lowest BCUT2D eigenvalue weighted by Crippen LogP contribution is -2.27. The zero-order valence-electron chi connectivity index (χ0n) is 11.4. The van der Waals surface area contributed by atoms with Crippen molar-refractivity contribution in [3.8, 4) is 0 Å². The minimum Gasteiger partial charge on any atom is -0.347 e. The van der Waals surface area contributed by atoms with Crippen LogP contribution < -0.4 is 5.32 Å². The first-order valence-corrected chi connectivity index (χ1v) is 8.51. The molecule has 0 amide bonds. The first-order chi connectivity index (χ1) is 10.7. The van der Waals surface area contributed by atoms with Crippen molar-refractivity contribution in [1.82, 2.24) is 14.8 Å². The summed E-state index contributed by atoms with van der Waals surface area (Å²) in [6, 6.07) is 10.1. The summed E-state index contributed by atoms with van der Waals surface area (Å²) in [6.07, 6.45) is 2.40. The van der Waals surface area contributed by atoms with Crippen LogP contribution in [0.5, 0.6) is 0 Å². The third-order valence-electron chi connectivity index (χ3n) is 3.86. The van der Waals surface area contributed by atoms with Gasteiger partial charge in [-0.15, -0.1) is 11.3 Å². The van der Waals surface area contributed by atoms with Crippen LogP contribution >= 0.6 is 34.5 Å². The van der Waals surface area contributed by atoms with Gasteiger partial charge in [0.25, 0.3) is 0 Å². The second-order valence-corrected chi connectivity index (χ2v) is 6.90. The first-order valence-electron chi connectivity index (χ1n) is 6.87. The number of benzene rings is 1. The molecule has 1 aliphatic rings. The van der Waals surface area contributed by atoms with Gasteiger partial charge in [-0.3, -0.25) is 0 Å². The number of anilines is 1. The molecule has 0 bridgehead atoms. The molecule has 0 spiro atoms. The lowest BCUT2D eigenvalue weighted by Gasteiger charge is -2.31. The average Bonchev–Trinajstić information content (AvgIpc) is 3.19. The number of rotatable bonds is 2. The molecule has 1 aliphatic heterocycles. The number of fused-ring (bicyclic) bond motifs is 1. The molecule has 0 radical (unpaired) electrons. The van der Waals surface area contributed by atoms with Crippen molar-refractivity contribution in [1.29, 1.82) is 0 Å². The van der Waals surface area contributed by atoms with E-state index < -0.39 is 0 Å². The number of aromatic nitrogens is 3. The van der Waals surface area contributed by atoms with Crippen molar-refractivity contribution in [2.24, 2.45) is 0 Å². The maximum atomic E-state index is 6.42. The number of hydrogen-bond donors (Lipinski definition) is 1. The highest BCUT2D eigenvalue weighted by molar-refractivity contribution is 7.10. The van der Waals surface area contributed by atoms with Gasteiger partial charge in [0.1, 0.15) is 6.33 Å². The van der Waals surface area contributed by atoms with E-state index in [0.717, 1.165) is 17.9 Å². The summed E-state index contributed by atoms with van der Waals surface area (Å²) < 4.78 is 1.88. The monoisotopic (exact) mass is 350 g/mol. The molecule has 0 saturated carbocycles. The van der Waals surface area contributed by atoms with E-state index in [1.807, 2.05) is 16.8 Å². The Kier molecular flexibility index (Phi) is 3.56. The molecule has 2 aromatic heterocycles. The van der Waals surface area contributed by atoms with Crippen LogP contribution in [-0.2, 0) is 0 Å². The summed E-state index contributed by atoms with van der Waals surface area (Å²) in [6.45, 7) is 0. The predicted octanol–water partition coefficient (Wildman–Crippen LogP) is 4.79. The Hall–Kier alpha value is -1.56. The molecular formula is C15H12Cl2N4S. The van der Waals surface area contributed by atoms with E-state index in [4.69, 9.17) is 23.2 Å². The van der Waals surface area contributed by atoms with Crippen LogP contribution in [0.15, 0.2) is 42.0 Å². The smallest absolute Gasteiger partial charge is 0.222 e. The number of thiophene rings is 1. The van der Waals surface area contributed by atoms with Crippen molar-refractivity contribution in [2.45, 2.75) is 18.5 Å². The Morgan fingerprint density at radius 1 is 1.23 bits per heavy atom. The molecule has 3 aromatic rings. The molecule has 1 N–H and O–H groups in total. The van der Waals surface area contributed by atoms with Crippen molar-refractivity contribution in [2.75, 3.05) is 5.32 Å². The number of halogens is 2. The van der Waals surface area contributed by atoms with Crippen LogP contribution in [0.1, 0.15) is 28.9 Å². The van der Waals surface area contributed by atoms with E-state index in [0.29, 0.717) is 10.0 Å². The van der Waals surface area contributed by atoms with Gasteiger partial charge in [0, 0.05) is 4.88 Å². The van der Waals surface area contributed by atoms with Crippen LogP contribution in [-0.4, -0.2) is 14.8 Å².